The first-order valence-electron chi connectivity index (χ1n) is 9.22. The van der Waals surface area contributed by atoms with Crippen molar-refractivity contribution in [1.29, 1.82) is 5.26 Å². The van der Waals surface area contributed by atoms with E-state index in [-0.39, 0.29) is 11.8 Å². The van der Waals surface area contributed by atoms with Gasteiger partial charge in [-0.3, -0.25) is 14.8 Å². The molecule has 0 radical (unpaired) electrons. The first-order chi connectivity index (χ1) is 13.7. The molecule has 1 amide bonds. The van der Waals surface area contributed by atoms with Crippen LogP contribution in [0.15, 0.2) is 53.8 Å². The van der Waals surface area contributed by atoms with Gasteiger partial charge in [0.15, 0.2) is 0 Å². The maximum absolute atomic E-state index is 12.0. The molecule has 3 heterocycles. The van der Waals surface area contributed by atoms with Crippen molar-refractivity contribution in [2.75, 3.05) is 6.54 Å². The monoisotopic (exact) mass is 369 g/mol. The highest BCUT2D eigenvalue weighted by atomic mass is 16.2. The number of hydrogen-bond donors (Lipinski definition) is 0. The Morgan fingerprint density at radius 3 is 2.93 bits per heavy atom. The van der Waals surface area contributed by atoms with Crippen molar-refractivity contribution in [2.45, 2.75) is 25.7 Å². The largest absolute Gasteiger partial charge is 0.273 e. The Morgan fingerprint density at radius 2 is 2.18 bits per heavy atom. The van der Waals surface area contributed by atoms with Gasteiger partial charge in [-0.2, -0.15) is 10.4 Å². The number of nitrogens with zero attached hydrogens (tertiary/aromatic N) is 5. The van der Waals surface area contributed by atoms with Gasteiger partial charge in [-0.1, -0.05) is 6.07 Å². The van der Waals surface area contributed by atoms with Crippen molar-refractivity contribution in [2.24, 2.45) is 5.10 Å². The molecule has 1 fully saturated rings. The second kappa shape index (κ2) is 7.57. The molecule has 1 aliphatic rings. The molecule has 0 spiro atoms. The number of rotatable bonds is 4. The van der Waals surface area contributed by atoms with E-state index in [1.54, 1.807) is 18.5 Å². The fraction of sp³-hybridized carbons (Fsp3) is 0.227. The Kier molecular flexibility index (Phi) is 4.81. The first-order valence-corrected chi connectivity index (χ1v) is 9.22. The number of aromatic nitrogens is 2. The Bertz CT molecular complexity index is 1120. The summed E-state index contributed by atoms with van der Waals surface area (Å²) in [5, 5.41) is 16.2. The fourth-order valence-electron chi connectivity index (χ4n) is 3.46. The SMILES string of the molecule is Cc1cccc(C(C=NN2CCCC2=O)c2ccnc3ccc(C#N)cc23)n1. The van der Waals surface area contributed by atoms with E-state index >= 15 is 0 Å². The van der Waals surface area contributed by atoms with E-state index in [1.165, 1.54) is 5.01 Å². The summed E-state index contributed by atoms with van der Waals surface area (Å²) in [4.78, 5) is 21.1. The van der Waals surface area contributed by atoms with Gasteiger partial charge < -0.3 is 0 Å². The third-order valence-corrected chi connectivity index (χ3v) is 4.87. The summed E-state index contributed by atoms with van der Waals surface area (Å²) in [5.41, 5.74) is 4.08. The summed E-state index contributed by atoms with van der Waals surface area (Å²) in [6.07, 6.45) is 4.89. The molecule has 6 heteroatoms. The van der Waals surface area contributed by atoms with Crippen LogP contribution in [0.2, 0.25) is 0 Å². The number of carbonyl (C=O) groups excluding carboxylic acids is 1. The number of fused-ring (bicyclic) bond motifs is 1. The molecule has 1 unspecified atom stereocenters. The molecule has 0 bridgehead atoms. The predicted molar refractivity (Wildman–Crippen MR) is 107 cm³/mol. The van der Waals surface area contributed by atoms with Gasteiger partial charge in [-0.15, -0.1) is 0 Å². The van der Waals surface area contributed by atoms with Crippen LogP contribution >= 0.6 is 0 Å². The third-order valence-electron chi connectivity index (χ3n) is 4.87. The lowest BCUT2D eigenvalue weighted by atomic mass is 9.92. The standard InChI is InChI=1S/C22H19N5O/c1-15-4-2-5-21(26-15)19(14-25-27-11-3-6-22(27)28)17-9-10-24-20-8-7-16(13-23)12-18(17)20/h2,4-5,7-10,12,14,19H,3,6,11H2,1H3. The van der Waals surface area contributed by atoms with E-state index in [2.05, 4.69) is 21.1 Å². The van der Waals surface area contributed by atoms with Crippen molar-refractivity contribution in [3.05, 3.63) is 71.2 Å². The minimum Gasteiger partial charge on any atom is -0.273 e. The van der Waals surface area contributed by atoms with Gasteiger partial charge in [0.1, 0.15) is 0 Å². The summed E-state index contributed by atoms with van der Waals surface area (Å²) >= 11 is 0. The molecule has 1 atom stereocenters. The molecule has 0 aliphatic carbocycles. The van der Waals surface area contributed by atoms with E-state index in [4.69, 9.17) is 0 Å². The average Bonchev–Trinajstić information content (AvgIpc) is 3.13. The summed E-state index contributed by atoms with van der Waals surface area (Å²) in [7, 11) is 0. The second-order valence-corrected chi connectivity index (χ2v) is 6.81. The average molecular weight is 369 g/mol. The summed E-state index contributed by atoms with van der Waals surface area (Å²) < 4.78 is 0. The van der Waals surface area contributed by atoms with Crippen LogP contribution in [0.4, 0.5) is 0 Å². The summed E-state index contributed by atoms with van der Waals surface area (Å²) in [6.45, 7) is 2.58. The Morgan fingerprint density at radius 1 is 1.29 bits per heavy atom. The highest BCUT2D eigenvalue weighted by Gasteiger charge is 2.22. The van der Waals surface area contributed by atoms with Crippen LogP contribution in [-0.2, 0) is 4.79 Å². The van der Waals surface area contributed by atoms with Gasteiger partial charge in [0.25, 0.3) is 0 Å². The minimum atomic E-state index is -0.257. The molecule has 4 rings (SSSR count). The maximum atomic E-state index is 12.0. The maximum Gasteiger partial charge on any atom is 0.242 e. The molecular formula is C22H19N5O. The minimum absolute atomic E-state index is 0.0403. The predicted octanol–water partition coefficient (Wildman–Crippen LogP) is 3.55. The quantitative estimate of drug-likeness (QED) is 0.659. The van der Waals surface area contributed by atoms with Crippen molar-refractivity contribution in [3.63, 3.8) is 0 Å². The molecular weight excluding hydrogens is 350 g/mol. The lowest BCUT2D eigenvalue weighted by molar-refractivity contribution is -0.127. The van der Waals surface area contributed by atoms with E-state index in [0.717, 1.165) is 34.3 Å². The van der Waals surface area contributed by atoms with Gasteiger partial charge in [-0.25, -0.2) is 5.01 Å². The summed E-state index contributed by atoms with van der Waals surface area (Å²) in [5.74, 6) is -0.216. The van der Waals surface area contributed by atoms with Crippen molar-refractivity contribution < 1.29 is 4.79 Å². The van der Waals surface area contributed by atoms with Gasteiger partial charge in [0, 0.05) is 36.5 Å². The van der Waals surface area contributed by atoms with Gasteiger partial charge in [-0.05, 0) is 55.3 Å². The number of carbonyl (C=O) groups is 1. The number of hydrazone groups is 1. The van der Waals surface area contributed by atoms with E-state index in [0.29, 0.717) is 18.5 Å². The van der Waals surface area contributed by atoms with Crippen LogP contribution in [0.5, 0.6) is 0 Å². The molecule has 1 aliphatic heterocycles. The zero-order valence-corrected chi connectivity index (χ0v) is 15.5. The van der Waals surface area contributed by atoms with Gasteiger partial charge in [0.05, 0.1) is 28.8 Å². The lowest BCUT2D eigenvalue weighted by Crippen LogP contribution is -2.19. The fourth-order valence-corrected chi connectivity index (χ4v) is 3.46. The van der Waals surface area contributed by atoms with E-state index in [9.17, 15) is 10.1 Å². The normalized spacial score (nSPS) is 15.3. The zero-order chi connectivity index (χ0) is 19.5. The molecule has 1 saturated heterocycles. The Balaban J connectivity index is 1.86. The number of aryl methyl sites for hydroxylation is 1. The number of nitriles is 1. The summed E-state index contributed by atoms with van der Waals surface area (Å²) in [6, 6.07) is 15.4. The number of pyridine rings is 2. The van der Waals surface area contributed by atoms with E-state index in [1.807, 2.05) is 43.3 Å². The Labute approximate surface area is 163 Å². The second-order valence-electron chi connectivity index (χ2n) is 6.81. The van der Waals surface area contributed by atoms with Gasteiger partial charge in [0.2, 0.25) is 5.91 Å². The first kappa shape index (κ1) is 17.8. The molecule has 138 valence electrons. The van der Waals surface area contributed by atoms with E-state index < -0.39 is 0 Å². The van der Waals surface area contributed by atoms with Crippen molar-refractivity contribution >= 4 is 23.0 Å². The van der Waals surface area contributed by atoms with Crippen LogP contribution in [-0.4, -0.2) is 33.6 Å². The molecule has 2 aromatic heterocycles. The molecule has 3 aromatic rings. The smallest absolute Gasteiger partial charge is 0.242 e. The lowest BCUT2D eigenvalue weighted by Gasteiger charge is -2.17. The molecule has 1 aromatic carbocycles. The molecule has 28 heavy (non-hydrogen) atoms. The zero-order valence-electron chi connectivity index (χ0n) is 15.5. The van der Waals surface area contributed by atoms with Gasteiger partial charge >= 0.3 is 0 Å². The highest BCUT2D eigenvalue weighted by molar-refractivity contribution is 5.89. The van der Waals surface area contributed by atoms with Crippen molar-refractivity contribution in [1.82, 2.24) is 15.0 Å². The Hall–Kier alpha value is -3.59. The highest BCUT2D eigenvalue weighted by Crippen LogP contribution is 2.29. The number of amides is 1. The molecule has 0 saturated carbocycles. The number of benzene rings is 1. The topological polar surface area (TPSA) is 82.2 Å². The van der Waals surface area contributed by atoms with Crippen LogP contribution in [0.3, 0.4) is 0 Å². The van der Waals surface area contributed by atoms with Crippen LogP contribution in [0.25, 0.3) is 10.9 Å². The third kappa shape index (κ3) is 3.47. The van der Waals surface area contributed by atoms with Crippen LogP contribution in [0.1, 0.15) is 41.3 Å². The molecule has 0 N–H and O–H groups in total. The van der Waals surface area contributed by atoms with Crippen LogP contribution < -0.4 is 0 Å². The number of hydrogen-bond acceptors (Lipinski definition) is 5. The molecule has 6 nitrogen and oxygen atoms in total. The van der Waals surface area contributed by atoms with Crippen LogP contribution in [0, 0.1) is 18.3 Å². The van der Waals surface area contributed by atoms with Crippen molar-refractivity contribution in [3.8, 4) is 6.07 Å².